The van der Waals surface area contributed by atoms with Crippen molar-refractivity contribution in [2.45, 2.75) is 19.3 Å². The van der Waals surface area contributed by atoms with Crippen LogP contribution in [0.3, 0.4) is 0 Å². The smallest absolute Gasteiger partial charge is 0.305 e. The third-order valence-electron chi connectivity index (χ3n) is 2.14. The molecule has 0 spiro atoms. The molecule has 0 unspecified atom stereocenters. The average molecular weight is 207 g/mol. The van der Waals surface area contributed by atoms with E-state index in [1.165, 1.54) is 7.11 Å². The van der Waals surface area contributed by atoms with Gasteiger partial charge in [-0.25, -0.2) is 0 Å². The van der Waals surface area contributed by atoms with Gasteiger partial charge in [0.25, 0.3) is 0 Å². The second-order valence-electron chi connectivity index (χ2n) is 3.33. The Kier molecular flexibility index (Phi) is 5.30. The highest BCUT2D eigenvalue weighted by atomic mass is 16.5. The molecule has 0 aliphatic rings. The van der Waals surface area contributed by atoms with Crippen LogP contribution < -0.4 is 5.32 Å². The molecule has 0 bridgehead atoms. The molecule has 0 radical (unpaired) electrons. The predicted molar refractivity (Wildman–Crippen MR) is 60.8 cm³/mol. The standard InChI is InChI=1S/C12H17NO2/c1-15-12(14)9-5-6-10-13-11-7-3-2-4-8-11/h2-4,7-8,13H,5-6,9-10H2,1H3. The molecule has 0 aromatic heterocycles. The van der Waals surface area contributed by atoms with Crippen LogP contribution in [0.15, 0.2) is 30.3 Å². The zero-order chi connectivity index (χ0) is 10.9. The fourth-order valence-corrected chi connectivity index (χ4v) is 1.29. The van der Waals surface area contributed by atoms with Crippen molar-refractivity contribution in [2.24, 2.45) is 0 Å². The minimum atomic E-state index is -0.130. The summed E-state index contributed by atoms with van der Waals surface area (Å²) in [6, 6.07) is 10.0. The van der Waals surface area contributed by atoms with Gasteiger partial charge in [-0.1, -0.05) is 18.2 Å². The van der Waals surface area contributed by atoms with Gasteiger partial charge < -0.3 is 10.1 Å². The monoisotopic (exact) mass is 207 g/mol. The first kappa shape index (κ1) is 11.6. The zero-order valence-corrected chi connectivity index (χ0v) is 9.03. The highest BCUT2D eigenvalue weighted by Crippen LogP contribution is 2.05. The van der Waals surface area contributed by atoms with Crippen molar-refractivity contribution in [1.82, 2.24) is 0 Å². The topological polar surface area (TPSA) is 38.3 Å². The van der Waals surface area contributed by atoms with Gasteiger partial charge in [0.15, 0.2) is 0 Å². The number of hydrogen-bond donors (Lipinski definition) is 1. The molecule has 0 atom stereocenters. The number of para-hydroxylation sites is 1. The Bertz CT molecular complexity index is 285. The van der Waals surface area contributed by atoms with Crippen LogP contribution in [0.1, 0.15) is 19.3 Å². The van der Waals surface area contributed by atoms with Crippen molar-refractivity contribution >= 4 is 11.7 Å². The number of methoxy groups -OCH3 is 1. The summed E-state index contributed by atoms with van der Waals surface area (Å²) in [7, 11) is 1.42. The lowest BCUT2D eigenvalue weighted by atomic mass is 10.2. The van der Waals surface area contributed by atoms with Crippen molar-refractivity contribution in [1.29, 1.82) is 0 Å². The molecule has 1 aromatic rings. The minimum Gasteiger partial charge on any atom is -0.469 e. The molecule has 82 valence electrons. The number of hydrogen-bond acceptors (Lipinski definition) is 3. The van der Waals surface area contributed by atoms with Gasteiger partial charge >= 0.3 is 5.97 Å². The summed E-state index contributed by atoms with van der Waals surface area (Å²) in [4.78, 5) is 10.8. The number of benzene rings is 1. The van der Waals surface area contributed by atoms with E-state index in [9.17, 15) is 4.79 Å². The van der Waals surface area contributed by atoms with Crippen molar-refractivity contribution in [3.63, 3.8) is 0 Å². The van der Waals surface area contributed by atoms with E-state index in [4.69, 9.17) is 0 Å². The molecule has 0 saturated heterocycles. The van der Waals surface area contributed by atoms with E-state index in [-0.39, 0.29) is 5.97 Å². The van der Waals surface area contributed by atoms with Crippen LogP contribution in [0.4, 0.5) is 5.69 Å². The van der Waals surface area contributed by atoms with E-state index in [0.29, 0.717) is 6.42 Å². The molecule has 3 nitrogen and oxygen atoms in total. The van der Waals surface area contributed by atoms with E-state index >= 15 is 0 Å². The highest BCUT2D eigenvalue weighted by molar-refractivity contribution is 5.68. The van der Waals surface area contributed by atoms with Crippen LogP contribution in [0.25, 0.3) is 0 Å². The molecule has 0 fully saturated rings. The number of esters is 1. The Balaban J connectivity index is 2.05. The normalized spacial score (nSPS) is 9.67. The van der Waals surface area contributed by atoms with Crippen LogP contribution in [-0.4, -0.2) is 19.6 Å². The number of rotatable bonds is 6. The van der Waals surface area contributed by atoms with Gasteiger partial charge in [0.05, 0.1) is 7.11 Å². The second kappa shape index (κ2) is 6.87. The van der Waals surface area contributed by atoms with Crippen LogP contribution in [-0.2, 0) is 9.53 Å². The Morgan fingerprint density at radius 1 is 1.27 bits per heavy atom. The maximum Gasteiger partial charge on any atom is 0.305 e. The van der Waals surface area contributed by atoms with Gasteiger partial charge in [-0.3, -0.25) is 4.79 Å². The van der Waals surface area contributed by atoms with Gasteiger partial charge in [-0.15, -0.1) is 0 Å². The minimum absolute atomic E-state index is 0.130. The molecule has 1 aromatic carbocycles. The number of nitrogens with one attached hydrogen (secondary N) is 1. The largest absolute Gasteiger partial charge is 0.469 e. The third-order valence-corrected chi connectivity index (χ3v) is 2.14. The van der Waals surface area contributed by atoms with Gasteiger partial charge in [0.1, 0.15) is 0 Å². The molecule has 0 saturated carbocycles. The summed E-state index contributed by atoms with van der Waals surface area (Å²) in [5.41, 5.74) is 1.12. The maximum atomic E-state index is 10.8. The Morgan fingerprint density at radius 3 is 2.67 bits per heavy atom. The Hall–Kier alpha value is -1.51. The van der Waals surface area contributed by atoms with Gasteiger partial charge in [-0.05, 0) is 25.0 Å². The van der Waals surface area contributed by atoms with Gasteiger partial charge in [0.2, 0.25) is 0 Å². The van der Waals surface area contributed by atoms with E-state index in [1.54, 1.807) is 0 Å². The second-order valence-corrected chi connectivity index (χ2v) is 3.33. The quantitative estimate of drug-likeness (QED) is 0.575. The number of anilines is 1. The van der Waals surface area contributed by atoms with Crippen molar-refractivity contribution in [3.05, 3.63) is 30.3 Å². The van der Waals surface area contributed by atoms with Crippen LogP contribution in [0.2, 0.25) is 0 Å². The van der Waals surface area contributed by atoms with Crippen molar-refractivity contribution in [2.75, 3.05) is 19.0 Å². The van der Waals surface area contributed by atoms with Crippen molar-refractivity contribution < 1.29 is 9.53 Å². The van der Waals surface area contributed by atoms with Crippen LogP contribution in [0.5, 0.6) is 0 Å². The van der Waals surface area contributed by atoms with Gasteiger partial charge in [-0.2, -0.15) is 0 Å². The van der Waals surface area contributed by atoms with E-state index < -0.39 is 0 Å². The summed E-state index contributed by atoms with van der Waals surface area (Å²) in [5.74, 6) is -0.130. The fraction of sp³-hybridized carbons (Fsp3) is 0.417. The molecule has 0 amide bonds. The molecule has 0 heterocycles. The molecule has 15 heavy (non-hydrogen) atoms. The summed E-state index contributed by atoms with van der Waals surface area (Å²) in [5, 5.41) is 3.28. The lowest BCUT2D eigenvalue weighted by Crippen LogP contribution is -2.04. The number of carbonyl (C=O) groups is 1. The molecular weight excluding hydrogens is 190 g/mol. The van der Waals surface area contributed by atoms with E-state index in [0.717, 1.165) is 25.1 Å². The van der Waals surface area contributed by atoms with Crippen molar-refractivity contribution in [3.8, 4) is 0 Å². The number of unbranched alkanes of at least 4 members (excludes halogenated alkanes) is 1. The molecule has 3 heteroatoms. The Labute approximate surface area is 90.4 Å². The summed E-state index contributed by atoms with van der Waals surface area (Å²) in [6.45, 7) is 0.890. The van der Waals surface area contributed by atoms with E-state index in [2.05, 4.69) is 10.1 Å². The fourth-order valence-electron chi connectivity index (χ4n) is 1.29. The highest BCUT2D eigenvalue weighted by Gasteiger charge is 1.98. The predicted octanol–water partition coefficient (Wildman–Crippen LogP) is 2.44. The maximum absolute atomic E-state index is 10.8. The first-order valence-corrected chi connectivity index (χ1v) is 5.18. The SMILES string of the molecule is COC(=O)CCCCNc1ccccc1. The van der Waals surface area contributed by atoms with Crippen LogP contribution in [0, 0.1) is 0 Å². The Morgan fingerprint density at radius 2 is 2.00 bits per heavy atom. The number of ether oxygens (including phenoxy) is 1. The molecule has 0 aliphatic carbocycles. The molecule has 1 N–H and O–H groups in total. The van der Waals surface area contributed by atoms with Gasteiger partial charge in [0, 0.05) is 18.7 Å². The zero-order valence-electron chi connectivity index (χ0n) is 9.03. The first-order valence-electron chi connectivity index (χ1n) is 5.18. The lowest BCUT2D eigenvalue weighted by Gasteiger charge is -2.05. The molecule has 0 aliphatic heterocycles. The van der Waals surface area contributed by atoms with Crippen LogP contribution >= 0.6 is 0 Å². The lowest BCUT2D eigenvalue weighted by molar-refractivity contribution is -0.140. The summed E-state index contributed by atoms with van der Waals surface area (Å²) >= 11 is 0. The third kappa shape index (κ3) is 5.05. The molecule has 1 rings (SSSR count). The molecular formula is C12H17NO2. The summed E-state index contributed by atoms with van der Waals surface area (Å²) in [6.07, 6.45) is 2.35. The van der Waals surface area contributed by atoms with E-state index in [1.807, 2.05) is 30.3 Å². The first-order chi connectivity index (χ1) is 7.33. The number of carbonyl (C=O) groups excluding carboxylic acids is 1. The summed E-state index contributed by atoms with van der Waals surface area (Å²) < 4.78 is 4.56. The average Bonchev–Trinajstić information content (AvgIpc) is 2.29.